The Morgan fingerprint density at radius 1 is 0.160 bits per heavy atom. The SMILES string of the molecule is Fc1c(F)c(F)c(-c2ccc3c(c2)c2cc(-c4ccc5c(c4)c4cc(-c6c(F)c(F)c(F)c(F)c6F)ccc4n5-c4c(F)c(F)c(F)c(F)c4F)ccc2n3-c2ccc3c(c2)c2cc(-c4c(F)c(F)c(F)c(F)c4F)ccc2n3-c2c(F)c(F)c(F)c(F)c2F)c(F)c1F. The van der Waals surface area contributed by atoms with Gasteiger partial charge in [0.2, 0.25) is 29.1 Å². The number of halogens is 25. The van der Waals surface area contributed by atoms with Crippen LogP contribution in [0.15, 0.2) is 109 Å². The third kappa shape index (κ3) is 8.25. The first-order chi connectivity index (χ1) is 44.6. The van der Waals surface area contributed by atoms with Gasteiger partial charge in [-0.2, -0.15) is 0 Å². The van der Waals surface area contributed by atoms with Crippen molar-refractivity contribution < 1.29 is 110 Å². The second kappa shape index (κ2) is 21.1. The second-order valence-corrected chi connectivity index (χ2v) is 21.0. The first kappa shape index (κ1) is 60.6. The lowest BCUT2D eigenvalue weighted by Crippen LogP contribution is -2.09. The van der Waals surface area contributed by atoms with Crippen LogP contribution in [0, 0.1) is 145 Å². The molecule has 3 heterocycles. The first-order valence-electron chi connectivity index (χ1n) is 26.4. The molecule has 14 rings (SSSR count). The molecule has 14 aromatic rings. The van der Waals surface area contributed by atoms with Gasteiger partial charge in [-0.05, 0) is 107 Å². The molecule has 0 bridgehead atoms. The van der Waals surface area contributed by atoms with E-state index in [1.165, 1.54) is 28.8 Å². The van der Waals surface area contributed by atoms with Crippen molar-refractivity contribution in [2.45, 2.75) is 0 Å². The molecule has 0 saturated carbocycles. The predicted octanol–water partition coefficient (Wildman–Crippen LogP) is 21.1. The minimum atomic E-state index is -2.60. The average molecular weight is 1330 g/mol. The van der Waals surface area contributed by atoms with Gasteiger partial charge in [-0.15, -0.1) is 0 Å². The van der Waals surface area contributed by atoms with Crippen molar-refractivity contribution in [3.05, 3.63) is 255 Å². The maximum atomic E-state index is 15.9. The molecule has 3 aromatic heterocycles. The fraction of sp³-hybridized carbons (Fsp3) is 0. The molecule has 0 aliphatic heterocycles. The highest BCUT2D eigenvalue weighted by atomic mass is 19.2. The molecule has 3 nitrogen and oxygen atoms in total. The van der Waals surface area contributed by atoms with Gasteiger partial charge in [-0.1, -0.05) is 30.3 Å². The van der Waals surface area contributed by atoms with Crippen molar-refractivity contribution in [1.29, 1.82) is 0 Å². The summed E-state index contributed by atoms with van der Waals surface area (Å²) in [5.41, 5.74) is -12.4. The van der Waals surface area contributed by atoms with Gasteiger partial charge >= 0.3 is 0 Å². The van der Waals surface area contributed by atoms with Crippen molar-refractivity contribution >= 4 is 65.4 Å². The second-order valence-electron chi connectivity index (χ2n) is 21.0. The highest BCUT2D eigenvalue weighted by Crippen LogP contribution is 2.46. The Morgan fingerprint density at radius 2 is 0.340 bits per heavy atom. The van der Waals surface area contributed by atoms with Crippen LogP contribution in [0.2, 0.25) is 0 Å². The van der Waals surface area contributed by atoms with E-state index in [0.29, 0.717) is 21.3 Å². The Morgan fingerprint density at radius 3 is 0.596 bits per heavy atom. The summed E-state index contributed by atoms with van der Waals surface area (Å²) in [5, 5.41) is -1.77. The van der Waals surface area contributed by atoms with Gasteiger partial charge in [-0.3, -0.25) is 0 Å². The smallest absolute Gasteiger partial charge is 0.200 e. The monoisotopic (exact) mass is 1330 g/mol. The molecule has 0 aliphatic carbocycles. The van der Waals surface area contributed by atoms with E-state index in [-0.39, 0.29) is 49.4 Å². The number of hydrogen-bond donors (Lipinski definition) is 0. The zero-order valence-electron chi connectivity index (χ0n) is 45.2. The summed E-state index contributed by atoms with van der Waals surface area (Å²) in [5.74, 6) is -60.8. The van der Waals surface area contributed by atoms with E-state index in [2.05, 4.69) is 0 Å². The lowest BCUT2D eigenvalue weighted by atomic mass is 9.98. The van der Waals surface area contributed by atoms with Crippen LogP contribution in [-0.2, 0) is 0 Å². The Bertz CT molecular complexity index is 5680. The third-order valence-corrected chi connectivity index (χ3v) is 16.2. The van der Waals surface area contributed by atoms with E-state index in [1.807, 2.05) is 0 Å². The van der Waals surface area contributed by atoms with Gasteiger partial charge in [0.25, 0.3) is 0 Å². The zero-order chi connectivity index (χ0) is 67.2. The molecule has 0 saturated heterocycles. The number of rotatable bonds is 7. The van der Waals surface area contributed by atoms with Gasteiger partial charge in [0.1, 0.15) is 11.4 Å². The molecule has 0 spiro atoms. The molecule has 0 fully saturated rings. The van der Waals surface area contributed by atoms with E-state index in [0.717, 1.165) is 72.8 Å². The van der Waals surface area contributed by atoms with Gasteiger partial charge in [0.15, 0.2) is 116 Å². The number of fused-ring (bicyclic) bond motifs is 9. The standard InChI is InChI=1S/C66H18F25N3/c67-40-37(41(68)47(74)52(79)46(40)73)21-3-9-32-27(15-21)25-13-19(20-2-8-33-26(14-20)28-16-22(38-42(69)48(75)53(80)49(76)43(38)70)4-10-34(28)93(33)65-61(88)57(84)55(82)58(85)62(65)89)1-7-31(25)92(32)24-6-12-36-30(18-24)29-17-23(39-44(71)50(77)54(81)51(78)45(39)72)5-11-35(29)94(36)66-63(90)59(86)56(83)60(87)64(66)91/h1-18H. The van der Waals surface area contributed by atoms with Crippen LogP contribution in [0.25, 0.3) is 127 Å². The number of nitrogens with zero attached hydrogens (tertiary/aromatic N) is 3. The first-order valence-corrected chi connectivity index (χ1v) is 26.4. The molecular formula is C66H18F25N3. The fourth-order valence-corrected chi connectivity index (χ4v) is 11.9. The van der Waals surface area contributed by atoms with Crippen LogP contribution in [0.5, 0.6) is 0 Å². The summed E-state index contributed by atoms with van der Waals surface area (Å²) >= 11 is 0. The molecule has 11 aromatic carbocycles. The van der Waals surface area contributed by atoms with E-state index >= 15 is 52.7 Å². The summed E-state index contributed by atoms with van der Waals surface area (Å²) in [6.45, 7) is 0. The predicted molar refractivity (Wildman–Crippen MR) is 290 cm³/mol. The van der Waals surface area contributed by atoms with Crippen LogP contribution in [0.4, 0.5) is 110 Å². The van der Waals surface area contributed by atoms with Gasteiger partial charge in [0, 0.05) is 38.0 Å². The van der Waals surface area contributed by atoms with Crippen LogP contribution in [0.1, 0.15) is 0 Å². The summed E-state index contributed by atoms with van der Waals surface area (Å²) in [6.07, 6.45) is 0. The zero-order valence-corrected chi connectivity index (χ0v) is 45.2. The molecule has 472 valence electrons. The van der Waals surface area contributed by atoms with Gasteiger partial charge in [0.05, 0.1) is 49.8 Å². The highest BCUT2D eigenvalue weighted by molar-refractivity contribution is 6.15. The average Bonchev–Trinajstić information content (AvgIpc) is 1.56. The van der Waals surface area contributed by atoms with Gasteiger partial charge < -0.3 is 13.7 Å². The molecule has 28 heteroatoms. The van der Waals surface area contributed by atoms with E-state index in [4.69, 9.17) is 0 Å². The molecule has 0 atom stereocenters. The van der Waals surface area contributed by atoms with Crippen molar-refractivity contribution in [1.82, 2.24) is 13.7 Å². The summed E-state index contributed by atoms with van der Waals surface area (Å²) in [6, 6.07) is 17.9. The van der Waals surface area contributed by atoms with Crippen molar-refractivity contribution in [3.63, 3.8) is 0 Å². The van der Waals surface area contributed by atoms with Crippen LogP contribution in [-0.4, -0.2) is 13.7 Å². The van der Waals surface area contributed by atoms with Crippen molar-refractivity contribution in [2.24, 2.45) is 0 Å². The molecule has 94 heavy (non-hydrogen) atoms. The number of hydrogen-bond acceptors (Lipinski definition) is 0. The number of aromatic nitrogens is 3. The maximum Gasteiger partial charge on any atom is 0.200 e. The molecule has 0 unspecified atom stereocenters. The summed E-state index contributed by atoms with van der Waals surface area (Å²) in [7, 11) is 0. The lowest BCUT2D eigenvalue weighted by molar-refractivity contribution is 0.376. The fourth-order valence-electron chi connectivity index (χ4n) is 11.9. The topological polar surface area (TPSA) is 14.8 Å². The minimum absolute atomic E-state index is 0.00476. The minimum Gasteiger partial charge on any atom is -0.309 e. The van der Waals surface area contributed by atoms with Crippen LogP contribution in [0.3, 0.4) is 0 Å². The highest BCUT2D eigenvalue weighted by Gasteiger charge is 2.35. The molecule has 0 amide bonds. The van der Waals surface area contributed by atoms with E-state index in [9.17, 15) is 57.1 Å². The Labute approximate surface area is 503 Å². The van der Waals surface area contributed by atoms with Crippen molar-refractivity contribution in [3.8, 4) is 61.6 Å². The van der Waals surface area contributed by atoms with Crippen LogP contribution >= 0.6 is 0 Å². The van der Waals surface area contributed by atoms with E-state index in [1.54, 1.807) is 0 Å². The quantitative estimate of drug-likeness (QED) is 0.0858. The maximum absolute atomic E-state index is 15.9. The van der Waals surface area contributed by atoms with Crippen molar-refractivity contribution in [2.75, 3.05) is 0 Å². The number of benzene rings is 11. The lowest BCUT2D eigenvalue weighted by Gasteiger charge is -2.13. The third-order valence-electron chi connectivity index (χ3n) is 16.2. The van der Waals surface area contributed by atoms with E-state index < -0.39 is 223 Å². The molecule has 0 radical (unpaired) electrons. The molecule has 0 N–H and O–H groups in total. The van der Waals surface area contributed by atoms with Gasteiger partial charge in [-0.25, -0.2) is 110 Å². The Hall–Kier alpha value is -10.9. The summed E-state index contributed by atoms with van der Waals surface area (Å²) < 4.78 is 379. The summed E-state index contributed by atoms with van der Waals surface area (Å²) in [4.78, 5) is 0. The largest absolute Gasteiger partial charge is 0.309 e. The van der Waals surface area contributed by atoms with Crippen LogP contribution < -0.4 is 0 Å². The Balaban J connectivity index is 1.05. The molecular weight excluding hydrogens is 1310 g/mol. The molecule has 0 aliphatic rings. The Kier molecular flexibility index (Phi) is 13.6. The normalized spacial score (nSPS) is 12.1.